The van der Waals surface area contributed by atoms with Crippen LogP contribution in [0, 0.1) is 6.92 Å². The highest BCUT2D eigenvalue weighted by molar-refractivity contribution is 7.92. The third kappa shape index (κ3) is 3.23. The van der Waals surface area contributed by atoms with Crippen LogP contribution in [0.25, 0.3) is 10.8 Å². The number of aromatic carboxylic acids is 1. The number of carboxylic acids is 1. The van der Waals surface area contributed by atoms with E-state index in [1.165, 1.54) is 24.3 Å². The predicted octanol–water partition coefficient (Wildman–Crippen LogP) is 2.31. The maximum Gasteiger partial charge on any atom is 0.261 e. The molecular formula is C18H14NO4S-. The summed E-state index contributed by atoms with van der Waals surface area (Å²) in [6.07, 6.45) is 0. The summed E-state index contributed by atoms with van der Waals surface area (Å²) >= 11 is 0. The summed E-state index contributed by atoms with van der Waals surface area (Å²) in [6, 6.07) is 16.0. The van der Waals surface area contributed by atoms with Crippen molar-refractivity contribution >= 4 is 32.5 Å². The molecular weight excluding hydrogens is 326 g/mol. The first-order valence-electron chi connectivity index (χ1n) is 7.20. The zero-order valence-corrected chi connectivity index (χ0v) is 13.6. The Morgan fingerprint density at radius 1 is 0.917 bits per heavy atom. The first kappa shape index (κ1) is 16.0. The Morgan fingerprint density at radius 3 is 2.21 bits per heavy atom. The van der Waals surface area contributed by atoms with E-state index in [1.807, 2.05) is 25.1 Å². The fourth-order valence-corrected chi connectivity index (χ4v) is 3.49. The van der Waals surface area contributed by atoms with Crippen LogP contribution >= 0.6 is 0 Å². The molecule has 0 fully saturated rings. The van der Waals surface area contributed by atoms with Crippen molar-refractivity contribution in [3.8, 4) is 0 Å². The van der Waals surface area contributed by atoms with Crippen LogP contribution in [0.3, 0.4) is 0 Å². The van der Waals surface area contributed by atoms with Crippen molar-refractivity contribution in [1.82, 2.24) is 0 Å². The normalized spacial score (nSPS) is 11.4. The zero-order valence-electron chi connectivity index (χ0n) is 12.8. The summed E-state index contributed by atoms with van der Waals surface area (Å²) in [7, 11) is -3.76. The number of anilines is 1. The van der Waals surface area contributed by atoms with Crippen molar-refractivity contribution in [3.05, 3.63) is 71.8 Å². The lowest BCUT2D eigenvalue weighted by Crippen LogP contribution is -2.22. The maximum absolute atomic E-state index is 12.5. The second kappa shape index (κ2) is 5.98. The lowest BCUT2D eigenvalue weighted by Gasteiger charge is -2.10. The maximum atomic E-state index is 12.5. The summed E-state index contributed by atoms with van der Waals surface area (Å²) in [4.78, 5) is 10.9. The molecule has 0 spiro atoms. The van der Waals surface area contributed by atoms with Crippen molar-refractivity contribution in [3.63, 3.8) is 0 Å². The van der Waals surface area contributed by atoms with Crippen LogP contribution in [0.2, 0.25) is 0 Å². The molecule has 5 nitrogen and oxygen atoms in total. The molecule has 0 aliphatic rings. The van der Waals surface area contributed by atoms with Crippen molar-refractivity contribution in [1.29, 1.82) is 0 Å². The van der Waals surface area contributed by atoms with Crippen molar-refractivity contribution in [2.45, 2.75) is 11.8 Å². The Morgan fingerprint density at radius 2 is 1.54 bits per heavy atom. The van der Waals surface area contributed by atoms with E-state index >= 15 is 0 Å². The third-order valence-electron chi connectivity index (χ3n) is 3.65. The predicted molar refractivity (Wildman–Crippen MR) is 90.3 cm³/mol. The summed E-state index contributed by atoms with van der Waals surface area (Å²) in [5, 5.41) is 12.5. The van der Waals surface area contributed by atoms with Gasteiger partial charge in [-0.15, -0.1) is 0 Å². The monoisotopic (exact) mass is 340 g/mol. The number of hydrogen-bond acceptors (Lipinski definition) is 4. The van der Waals surface area contributed by atoms with Gasteiger partial charge in [0.05, 0.1) is 10.9 Å². The summed E-state index contributed by atoms with van der Waals surface area (Å²) < 4.78 is 27.4. The van der Waals surface area contributed by atoms with Crippen LogP contribution in [0.1, 0.15) is 15.9 Å². The van der Waals surface area contributed by atoms with Crippen molar-refractivity contribution < 1.29 is 18.3 Å². The molecule has 0 heterocycles. The number of hydrogen-bond donors (Lipinski definition) is 1. The molecule has 122 valence electrons. The van der Waals surface area contributed by atoms with Gasteiger partial charge in [-0.2, -0.15) is 0 Å². The fourth-order valence-electron chi connectivity index (χ4n) is 2.40. The van der Waals surface area contributed by atoms with Gasteiger partial charge < -0.3 is 9.90 Å². The molecule has 3 aromatic rings. The number of benzene rings is 3. The second-order valence-corrected chi connectivity index (χ2v) is 7.17. The molecule has 0 saturated heterocycles. The Hall–Kier alpha value is -2.86. The van der Waals surface area contributed by atoms with E-state index in [0.717, 1.165) is 16.3 Å². The number of carboxylic acid groups (broad SMARTS) is 1. The van der Waals surface area contributed by atoms with E-state index in [1.54, 1.807) is 18.2 Å². The highest BCUT2D eigenvalue weighted by atomic mass is 32.2. The van der Waals surface area contributed by atoms with Crippen LogP contribution in [-0.4, -0.2) is 14.4 Å². The van der Waals surface area contributed by atoms with Gasteiger partial charge in [0.25, 0.3) is 10.0 Å². The van der Waals surface area contributed by atoms with E-state index in [0.29, 0.717) is 0 Å². The standard InChI is InChI=1S/C18H15NO4S/c1-12-2-3-15-11-17(9-6-14(15)10-12)24(22,23)19-16-7-4-13(5-8-16)18(20)21/h2-11,19H,1H3,(H,20,21)/p-1. The molecule has 3 aromatic carbocycles. The largest absolute Gasteiger partial charge is 0.545 e. The topological polar surface area (TPSA) is 86.3 Å². The molecule has 0 bridgehead atoms. The number of carbonyl (C=O) groups excluding carboxylic acids is 1. The average molecular weight is 340 g/mol. The lowest BCUT2D eigenvalue weighted by atomic mass is 10.1. The third-order valence-corrected chi connectivity index (χ3v) is 5.03. The quantitative estimate of drug-likeness (QED) is 0.789. The Bertz CT molecular complexity index is 1020. The van der Waals surface area contributed by atoms with E-state index in [9.17, 15) is 18.3 Å². The van der Waals surface area contributed by atoms with Crippen molar-refractivity contribution in [2.24, 2.45) is 0 Å². The zero-order chi connectivity index (χ0) is 17.3. The average Bonchev–Trinajstić information content (AvgIpc) is 2.54. The van der Waals surface area contributed by atoms with Gasteiger partial charge in [0.1, 0.15) is 0 Å². The summed E-state index contributed by atoms with van der Waals surface area (Å²) in [5.74, 6) is -1.31. The molecule has 24 heavy (non-hydrogen) atoms. The van der Waals surface area contributed by atoms with Gasteiger partial charge in [-0.05, 0) is 47.5 Å². The molecule has 1 N–H and O–H groups in total. The molecule has 3 rings (SSSR count). The molecule has 0 aliphatic carbocycles. The Labute approximate surface area is 139 Å². The number of fused-ring (bicyclic) bond motifs is 1. The first-order chi connectivity index (χ1) is 11.3. The number of carbonyl (C=O) groups is 1. The smallest absolute Gasteiger partial charge is 0.261 e. The van der Waals surface area contributed by atoms with Gasteiger partial charge in [-0.1, -0.05) is 42.0 Å². The van der Waals surface area contributed by atoms with Gasteiger partial charge in [-0.25, -0.2) is 8.42 Å². The van der Waals surface area contributed by atoms with Crippen LogP contribution in [0.5, 0.6) is 0 Å². The molecule has 0 aliphatic heterocycles. The van der Waals surface area contributed by atoms with Crippen LogP contribution in [-0.2, 0) is 10.0 Å². The van der Waals surface area contributed by atoms with Gasteiger partial charge in [0.2, 0.25) is 0 Å². The van der Waals surface area contributed by atoms with E-state index in [2.05, 4.69) is 4.72 Å². The lowest BCUT2D eigenvalue weighted by molar-refractivity contribution is -0.255. The molecule has 0 radical (unpaired) electrons. The SMILES string of the molecule is Cc1ccc2cc(S(=O)(=O)Nc3ccc(C(=O)[O-])cc3)ccc2c1. The van der Waals surface area contributed by atoms with Crippen LogP contribution < -0.4 is 9.83 Å². The highest BCUT2D eigenvalue weighted by Gasteiger charge is 2.14. The summed E-state index contributed by atoms with van der Waals surface area (Å²) in [6.45, 7) is 1.97. The highest BCUT2D eigenvalue weighted by Crippen LogP contribution is 2.22. The molecule has 0 unspecified atom stereocenters. The van der Waals surface area contributed by atoms with E-state index in [-0.39, 0.29) is 16.1 Å². The van der Waals surface area contributed by atoms with E-state index < -0.39 is 16.0 Å². The van der Waals surface area contributed by atoms with Gasteiger partial charge in [0, 0.05) is 5.69 Å². The summed E-state index contributed by atoms with van der Waals surface area (Å²) in [5.41, 5.74) is 1.37. The Balaban J connectivity index is 1.92. The molecule has 0 amide bonds. The number of rotatable bonds is 4. The molecule has 0 saturated carbocycles. The van der Waals surface area contributed by atoms with Crippen LogP contribution in [0.15, 0.2) is 65.6 Å². The molecule has 0 aromatic heterocycles. The molecule has 0 atom stereocenters. The van der Waals surface area contributed by atoms with Crippen molar-refractivity contribution in [2.75, 3.05) is 4.72 Å². The number of aryl methyl sites for hydroxylation is 1. The number of nitrogens with one attached hydrogen (secondary N) is 1. The van der Waals surface area contributed by atoms with E-state index in [4.69, 9.17) is 0 Å². The van der Waals surface area contributed by atoms with Gasteiger partial charge >= 0.3 is 0 Å². The first-order valence-corrected chi connectivity index (χ1v) is 8.68. The minimum absolute atomic E-state index is 0.0148. The second-order valence-electron chi connectivity index (χ2n) is 5.48. The molecule has 6 heteroatoms. The van der Waals surface area contributed by atoms with Gasteiger partial charge in [0.15, 0.2) is 0 Å². The minimum atomic E-state index is -3.76. The fraction of sp³-hybridized carbons (Fsp3) is 0.0556. The Kier molecular flexibility index (Phi) is 3.99. The van der Waals surface area contributed by atoms with Crippen LogP contribution in [0.4, 0.5) is 5.69 Å². The van der Waals surface area contributed by atoms with Gasteiger partial charge in [-0.3, -0.25) is 4.72 Å². The minimum Gasteiger partial charge on any atom is -0.545 e. The number of sulfonamides is 1.